The third kappa shape index (κ3) is 3.34. The van der Waals surface area contributed by atoms with E-state index in [1.807, 2.05) is 25.7 Å². The van der Waals surface area contributed by atoms with Crippen molar-refractivity contribution in [1.29, 1.82) is 0 Å². The first-order valence-corrected chi connectivity index (χ1v) is 5.61. The molecule has 15 heavy (non-hydrogen) atoms. The topological polar surface area (TPSA) is 29.5 Å². The Balaban J connectivity index is 2.70. The second-order valence-electron chi connectivity index (χ2n) is 4.42. The van der Waals surface area contributed by atoms with Crippen molar-refractivity contribution in [3.05, 3.63) is 11.6 Å². The number of allylic oxidation sites excluding steroid dienone is 1. The number of morpholine rings is 1. The lowest BCUT2D eigenvalue weighted by atomic mass is 10.1. The van der Waals surface area contributed by atoms with E-state index in [-0.39, 0.29) is 18.1 Å². The van der Waals surface area contributed by atoms with Crippen LogP contribution in [0.15, 0.2) is 11.6 Å². The van der Waals surface area contributed by atoms with Crippen molar-refractivity contribution in [1.82, 2.24) is 4.90 Å². The lowest BCUT2D eigenvalue weighted by Gasteiger charge is -2.37. The van der Waals surface area contributed by atoms with Crippen molar-refractivity contribution in [2.24, 2.45) is 0 Å². The van der Waals surface area contributed by atoms with Crippen molar-refractivity contribution in [2.75, 3.05) is 13.2 Å². The molecule has 1 saturated heterocycles. The minimum absolute atomic E-state index is 0.122. The molecule has 0 radical (unpaired) electrons. The summed E-state index contributed by atoms with van der Waals surface area (Å²) in [7, 11) is 0. The molecule has 1 heterocycles. The van der Waals surface area contributed by atoms with E-state index in [0.29, 0.717) is 13.2 Å². The molecule has 2 atom stereocenters. The highest BCUT2D eigenvalue weighted by molar-refractivity contribution is 5.88. The van der Waals surface area contributed by atoms with Crippen LogP contribution in [0.5, 0.6) is 0 Å². The molecule has 3 heteroatoms. The molecule has 1 rings (SSSR count). The van der Waals surface area contributed by atoms with E-state index in [4.69, 9.17) is 4.74 Å². The highest BCUT2D eigenvalue weighted by Gasteiger charge is 2.27. The normalized spacial score (nSPS) is 26.3. The third-order valence-corrected chi connectivity index (χ3v) is 2.63. The van der Waals surface area contributed by atoms with Crippen LogP contribution in [0.1, 0.15) is 34.1 Å². The molecule has 1 aliphatic rings. The summed E-state index contributed by atoms with van der Waals surface area (Å²) in [4.78, 5) is 13.8. The molecule has 0 saturated carbocycles. The van der Waals surface area contributed by atoms with Crippen LogP contribution in [0.4, 0.5) is 0 Å². The first-order valence-electron chi connectivity index (χ1n) is 5.61. The van der Waals surface area contributed by atoms with Crippen LogP contribution in [0.3, 0.4) is 0 Å². The first-order chi connectivity index (χ1) is 7.04. The maximum atomic E-state index is 11.9. The van der Waals surface area contributed by atoms with Crippen LogP contribution >= 0.6 is 0 Å². The summed E-state index contributed by atoms with van der Waals surface area (Å²) < 4.78 is 5.55. The molecule has 2 unspecified atom stereocenters. The van der Waals surface area contributed by atoms with Gasteiger partial charge in [-0.15, -0.1) is 0 Å². The first kappa shape index (κ1) is 12.2. The number of amides is 1. The second kappa shape index (κ2) is 5.31. The van der Waals surface area contributed by atoms with Gasteiger partial charge in [-0.05, 0) is 27.2 Å². The third-order valence-electron chi connectivity index (χ3n) is 2.63. The molecule has 1 amide bonds. The minimum atomic E-state index is 0.122. The molecule has 0 bridgehead atoms. The number of rotatable bonds is 2. The van der Waals surface area contributed by atoms with Crippen molar-refractivity contribution in [2.45, 2.75) is 46.3 Å². The van der Waals surface area contributed by atoms with E-state index in [2.05, 4.69) is 6.92 Å². The van der Waals surface area contributed by atoms with Gasteiger partial charge in [-0.1, -0.05) is 12.5 Å². The van der Waals surface area contributed by atoms with E-state index in [0.717, 1.165) is 12.0 Å². The number of carbonyl (C=O) groups excluding carboxylic acids is 1. The summed E-state index contributed by atoms with van der Waals surface area (Å²) in [5.74, 6) is 0.122. The summed E-state index contributed by atoms with van der Waals surface area (Å²) in [6.07, 6.45) is 2.82. The average molecular weight is 211 g/mol. The predicted octanol–water partition coefficient (Wildman–Crippen LogP) is 1.98. The van der Waals surface area contributed by atoms with Crippen LogP contribution in [0.2, 0.25) is 0 Å². The van der Waals surface area contributed by atoms with Crippen molar-refractivity contribution in [3.63, 3.8) is 0 Å². The zero-order valence-corrected chi connectivity index (χ0v) is 10.1. The SMILES string of the molecule is CCC1COC(C)CN1C(=O)C=C(C)C. The Bertz CT molecular complexity index is 256. The Labute approximate surface area is 92.1 Å². The van der Waals surface area contributed by atoms with Crippen LogP contribution < -0.4 is 0 Å². The molecule has 0 spiro atoms. The molecular weight excluding hydrogens is 190 g/mol. The average Bonchev–Trinajstić information content (AvgIpc) is 2.16. The Kier molecular flexibility index (Phi) is 4.33. The van der Waals surface area contributed by atoms with Gasteiger partial charge in [0.15, 0.2) is 0 Å². The Morgan fingerprint density at radius 3 is 2.73 bits per heavy atom. The summed E-state index contributed by atoms with van der Waals surface area (Å²) in [6, 6.07) is 0.240. The maximum Gasteiger partial charge on any atom is 0.246 e. The quantitative estimate of drug-likeness (QED) is 0.654. The largest absolute Gasteiger partial charge is 0.375 e. The number of nitrogens with zero attached hydrogens (tertiary/aromatic N) is 1. The molecule has 0 aromatic rings. The molecule has 1 aliphatic heterocycles. The monoisotopic (exact) mass is 211 g/mol. The number of carbonyl (C=O) groups is 1. The highest BCUT2D eigenvalue weighted by atomic mass is 16.5. The fraction of sp³-hybridized carbons (Fsp3) is 0.750. The fourth-order valence-electron chi connectivity index (χ4n) is 1.78. The van der Waals surface area contributed by atoms with Crippen LogP contribution in [0, 0.1) is 0 Å². The predicted molar refractivity (Wildman–Crippen MR) is 60.6 cm³/mol. The molecule has 1 fully saturated rings. The van der Waals surface area contributed by atoms with Crippen molar-refractivity contribution < 1.29 is 9.53 Å². The van der Waals surface area contributed by atoms with Gasteiger partial charge >= 0.3 is 0 Å². The zero-order chi connectivity index (χ0) is 11.4. The molecular formula is C12H21NO2. The Hall–Kier alpha value is -0.830. The number of ether oxygens (including phenoxy) is 1. The minimum Gasteiger partial charge on any atom is -0.375 e. The molecule has 3 nitrogen and oxygen atoms in total. The van der Waals surface area contributed by atoms with Crippen LogP contribution in [-0.2, 0) is 9.53 Å². The van der Waals surface area contributed by atoms with Crippen molar-refractivity contribution >= 4 is 5.91 Å². The Morgan fingerprint density at radius 2 is 2.20 bits per heavy atom. The lowest BCUT2D eigenvalue weighted by Crippen LogP contribution is -2.50. The van der Waals surface area contributed by atoms with Gasteiger partial charge in [-0.2, -0.15) is 0 Å². The van der Waals surface area contributed by atoms with Gasteiger partial charge in [0.1, 0.15) is 0 Å². The van der Waals surface area contributed by atoms with Gasteiger partial charge in [0.25, 0.3) is 0 Å². The second-order valence-corrected chi connectivity index (χ2v) is 4.42. The fourth-order valence-corrected chi connectivity index (χ4v) is 1.78. The number of hydrogen-bond acceptors (Lipinski definition) is 2. The number of hydrogen-bond donors (Lipinski definition) is 0. The summed E-state index contributed by atoms with van der Waals surface area (Å²) >= 11 is 0. The molecule has 0 aromatic heterocycles. The van der Waals surface area contributed by atoms with E-state index in [1.54, 1.807) is 6.08 Å². The Morgan fingerprint density at radius 1 is 1.53 bits per heavy atom. The molecule has 0 N–H and O–H groups in total. The van der Waals surface area contributed by atoms with Gasteiger partial charge < -0.3 is 9.64 Å². The van der Waals surface area contributed by atoms with Crippen molar-refractivity contribution in [3.8, 4) is 0 Å². The van der Waals surface area contributed by atoms with Gasteiger partial charge in [-0.3, -0.25) is 4.79 Å². The summed E-state index contributed by atoms with van der Waals surface area (Å²) in [5.41, 5.74) is 1.05. The lowest BCUT2D eigenvalue weighted by molar-refractivity contribution is -0.139. The van der Waals surface area contributed by atoms with Gasteiger partial charge in [0.05, 0.1) is 18.8 Å². The van der Waals surface area contributed by atoms with E-state index in [1.165, 1.54) is 0 Å². The molecule has 0 aromatic carbocycles. The smallest absolute Gasteiger partial charge is 0.246 e. The maximum absolute atomic E-state index is 11.9. The van der Waals surface area contributed by atoms with E-state index in [9.17, 15) is 4.79 Å². The van der Waals surface area contributed by atoms with Crippen LogP contribution in [0.25, 0.3) is 0 Å². The van der Waals surface area contributed by atoms with Gasteiger partial charge in [0.2, 0.25) is 5.91 Å². The summed E-state index contributed by atoms with van der Waals surface area (Å²) in [5, 5.41) is 0. The highest BCUT2D eigenvalue weighted by Crippen LogP contribution is 2.15. The molecule has 0 aliphatic carbocycles. The standard InChI is InChI=1S/C12H21NO2/c1-5-11-8-15-10(4)7-13(11)12(14)6-9(2)3/h6,10-11H,5,7-8H2,1-4H3. The van der Waals surface area contributed by atoms with Gasteiger partial charge in [-0.25, -0.2) is 0 Å². The van der Waals surface area contributed by atoms with Crippen LogP contribution in [-0.4, -0.2) is 36.1 Å². The van der Waals surface area contributed by atoms with E-state index < -0.39 is 0 Å². The zero-order valence-electron chi connectivity index (χ0n) is 10.1. The van der Waals surface area contributed by atoms with E-state index >= 15 is 0 Å². The summed E-state index contributed by atoms with van der Waals surface area (Å²) in [6.45, 7) is 9.37. The molecule has 86 valence electrons. The van der Waals surface area contributed by atoms with Gasteiger partial charge in [0, 0.05) is 12.6 Å².